The van der Waals surface area contributed by atoms with Gasteiger partial charge in [-0.1, -0.05) is 33.8 Å². The smallest absolute Gasteiger partial charge is 0.200 e. The van der Waals surface area contributed by atoms with Crippen molar-refractivity contribution in [1.29, 1.82) is 0 Å². The normalized spacial score (nSPS) is 20.9. The zero-order valence-electron chi connectivity index (χ0n) is 11.3. The molecule has 1 aromatic carbocycles. The van der Waals surface area contributed by atoms with E-state index in [1.54, 1.807) is 6.07 Å². The number of phenols is 3. The van der Waals surface area contributed by atoms with Crippen molar-refractivity contribution in [2.75, 3.05) is 0 Å². The topological polar surface area (TPSA) is 72.7 Å². The molecular weight excluding hydrogens is 230 g/mol. The molecule has 1 fully saturated rings. The van der Waals surface area contributed by atoms with Gasteiger partial charge in [-0.05, 0) is 16.9 Å². The van der Waals surface area contributed by atoms with Crippen LogP contribution in [-0.2, 0) is 6.54 Å². The van der Waals surface area contributed by atoms with Crippen LogP contribution in [0.15, 0.2) is 12.1 Å². The first kappa shape index (κ1) is 13.0. The third-order valence-corrected chi connectivity index (χ3v) is 4.73. The molecule has 100 valence electrons. The Kier molecular flexibility index (Phi) is 2.74. The van der Waals surface area contributed by atoms with Gasteiger partial charge in [0.2, 0.25) is 5.75 Å². The van der Waals surface area contributed by atoms with Crippen LogP contribution in [0.1, 0.15) is 33.3 Å². The molecule has 0 unspecified atom stereocenters. The number of hydrogen-bond acceptors (Lipinski definition) is 4. The molecule has 0 aromatic heterocycles. The Morgan fingerprint density at radius 3 is 2.06 bits per heavy atom. The van der Waals surface area contributed by atoms with Crippen molar-refractivity contribution in [3.8, 4) is 17.2 Å². The number of phenolic OH excluding ortho intramolecular Hbond substituents is 3. The zero-order valence-corrected chi connectivity index (χ0v) is 11.3. The molecular formula is C14H21NO3. The Bertz CT molecular complexity index is 466. The molecule has 18 heavy (non-hydrogen) atoms. The van der Waals surface area contributed by atoms with Gasteiger partial charge in [-0.15, -0.1) is 0 Å². The third-order valence-electron chi connectivity index (χ3n) is 4.73. The van der Waals surface area contributed by atoms with Crippen LogP contribution in [0, 0.1) is 10.8 Å². The molecule has 4 N–H and O–H groups in total. The number of benzene rings is 1. The molecule has 1 aliphatic carbocycles. The lowest BCUT2D eigenvalue weighted by molar-refractivity contribution is 0.363. The highest BCUT2D eigenvalue weighted by Crippen LogP contribution is 2.62. The first-order chi connectivity index (χ1) is 8.19. The molecule has 1 aliphatic rings. The quantitative estimate of drug-likeness (QED) is 0.622. The van der Waals surface area contributed by atoms with E-state index in [4.69, 9.17) is 0 Å². The monoisotopic (exact) mass is 251 g/mol. The molecule has 0 atom stereocenters. The molecule has 0 amide bonds. The second-order valence-electron chi connectivity index (χ2n) is 6.20. The van der Waals surface area contributed by atoms with Gasteiger partial charge in [-0.25, -0.2) is 0 Å². The van der Waals surface area contributed by atoms with Crippen LogP contribution in [-0.4, -0.2) is 21.4 Å². The average Bonchev–Trinajstić information content (AvgIpc) is 2.66. The van der Waals surface area contributed by atoms with Crippen molar-refractivity contribution in [2.24, 2.45) is 10.8 Å². The van der Waals surface area contributed by atoms with Gasteiger partial charge in [0, 0.05) is 18.2 Å². The van der Waals surface area contributed by atoms with Crippen LogP contribution in [0.5, 0.6) is 17.2 Å². The molecule has 0 saturated heterocycles. The van der Waals surface area contributed by atoms with Gasteiger partial charge in [-0.2, -0.15) is 0 Å². The molecule has 0 spiro atoms. The fraction of sp³-hybridized carbons (Fsp3) is 0.571. The lowest BCUT2D eigenvalue weighted by atomic mass is 10.0. The van der Waals surface area contributed by atoms with Crippen molar-refractivity contribution < 1.29 is 15.3 Å². The van der Waals surface area contributed by atoms with E-state index in [2.05, 4.69) is 33.0 Å². The molecule has 4 heteroatoms. The number of aromatic hydroxyl groups is 3. The van der Waals surface area contributed by atoms with Crippen LogP contribution in [0.3, 0.4) is 0 Å². The standard InChI is InChI=1S/C14H21NO3/c1-13(2)12(14(13,3)4)15-7-8-5-6-9(16)11(18)10(8)17/h5-6,12,15-18H,7H2,1-4H3. The summed E-state index contributed by atoms with van der Waals surface area (Å²) in [4.78, 5) is 0. The predicted molar refractivity (Wildman–Crippen MR) is 69.6 cm³/mol. The lowest BCUT2D eigenvalue weighted by Gasteiger charge is -2.10. The van der Waals surface area contributed by atoms with Crippen molar-refractivity contribution >= 4 is 0 Å². The summed E-state index contributed by atoms with van der Waals surface area (Å²) >= 11 is 0. The highest BCUT2D eigenvalue weighted by Gasteiger charge is 2.64. The minimum Gasteiger partial charge on any atom is -0.504 e. The highest BCUT2D eigenvalue weighted by molar-refractivity contribution is 5.53. The van der Waals surface area contributed by atoms with Gasteiger partial charge in [0.05, 0.1) is 0 Å². The maximum atomic E-state index is 9.72. The second-order valence-corrected chi connectivity index (χ2v) is 6.20. The van der Waals surface area contributed by atoms with E-state index in [-0.39, 0.29) is 22.3 Å². The summed E-state index contributed by atoms with van der Waals surface area (Å²) in [6.45, 7) is 9.30. The van der Waals surface area contributed by atoms with Crippen LogP contribution in [0.2, 0.25) is 0 Å². The maximum absolute atomic E-state index is 9.72. The van der Waals surface area contributed by atoms with Gasteiger partial charge in [0.25, 0.3) is 0 Å². The zero-order chi connectivity index (χ0) is 13.7. The molecule has 0 aliphatic heterocycles. The summed E-state index contributed by atoms with van der Waals surface area (Å²) in [5.41, 5.74) is 1.03. The summed E-state index contributed by atoms with van der Waals surface area (Å²) in [5.74, 6) is -1.01. The number of rotatable bonds is 3. The van der Waals surface area contributed by atoms with Crippen LogP contribution in [0.4, 0.5) is 0 Å². The van der Waals surface area contributed by atoms with Crippen LogP contribution in [0.25, 0.3) is 0 Å². The fourth-order valence-electron chi connectivity index (χ4n) is 2.67. The number of hydrogen-bond donors (Lipinski definition) is 4. The molecule has 1 aromatic rings. The van der Waals surface area contributed by atoms with Crippen molar-refractivity contribution in [3.05, 3.63) is 17.7 Å². The van der Waals surface area contributed by atoms with E-state index in [0.717, 1.165) is 0 Å². The van der Waals surface area contributed by atoms with Crippen LogP contribution >= 0.6 is 0 Å². The Hall–Kier alpha value is -1.42. The predicted octanol–water partition coefficient (Wildman–Crippen LogP) is 2.33. The Morgan fingerprint density at radius 2 is 1.56 bits per heavy atom. The minimum atomic E-state index is -0.455. The molecule has 0 radical (unpaired) electrons. The summed E-state index contributed by atoms with van der Waals surface area (Å²) in [6, 6.07) is 3.37. The average molecular weight is 251 g/mol. The fourth-order valence-corrected chi connectivity index (χ4v) is 2.67. The summed E-state index contributed by atoms with van der Waals surface area (Å²) in [5, 5.41) is 31.8. The summed E-state index contributed by atoms with van der Waals surface area (Å²) in [6.07, 6.45) is 0. The Balaban J connectivity index is 2.07. The number of nitrogens with one attached hydrogen (secondary N) is 1. The molecule has 2 rings (SSSR count). The van der Waals surface area contributed by atoms with E-state index < -0.39 is 5.75 Å². The first-order valence-corrected chi connectivity index (χ1v) is 6.15. The molecule has 0 heterocycles. The van der Waals surface area contributed by atoms with Crippen LogP contribution < -0.4 is 5.32 Å². The lowest BCUT2D eigenvalue weighted by Crippen LogP contribution is -2.21. The van der Waals surface area contributed by atoms with Gasteiger partial charge >= 0.3 is 0 Å². The van der Waals surface area contributed by atoms with E-state index >= 15 is 0 Å². The van der Waals surface area contributed by atoms with E-state index in [0.29, 0.717) is 18.2 Å². The maximum Gasteiger partial charge on any atom is 0.200 e. The molecule has 0 bridgehead atoms. The summed E-state index contributed by atoms with van der Waals surface area (Å²) in [7, 11) is 0. The largest absolute Gasteiger partial charge is 0.504 e. The van der Waals surface area contributed by atoms with Gasteiger partial charge in [-0.3, -0.25) is 0 Å². The Morgan fingerprint density at radius 1 is 1.00 bits per heavy atom. The van der Waals surface area contributed by atoms with Gasteiger partial charge in [0.1, 0.15) is 0 Å². The van der Waals surface area contributed by atoms with Crippen molar-refractivity contribution in [1.82, 2.24) is 5.32 Å². The third kappa shape index (κ3) is 1.72. The Labute approximate surface area is 107 Å². The second kappa shape index (κ2) is 3.79. The van der Waals surface area contributed by atoms with Crippen molar-refractivity contribution in [2.45, 2.75) is 40.3 Å². The summed E-state index contributed by atoms with van der Waals surface area (Å²) < 4.78 is 0. The van der Waals surface area contributed by atoms with E-state index in [1.807, 2.05) is 0 Å². The SMILES string of the molecule is CC1(C)C(NCc2ccc(O)c(O)c2O)C1(C)C. The highest BCUT2D eigenvalue weighted by atomic mass is 16.3. The molecule has 1 saturated carbocycles. The molecule has 4 nitrogen and oxygen atoms in total. The van der Waals surface area contributed by atoms with E-state index in [1.165, 1.54) is 6.07 Å². The van der Waals surface area contributed by atoms with Crippen molar-refractivity contribution in [3.63, 3.8) is 0 Å². The minimum absolute atomic E-state index is 0.224. The van der Waals surface area contributed by atoms with Gasteiger partial charge in [0.15, 0.2) is 11.5 Å². The van der Waals surface area contributed by atoms with E-state index in [9.17, 15) is 15.3 Å². The van der Waals surface area contributed by atoms with Gasteiger partial charge < -0.3 is 20.6 Å². The first-order valence-electron chi connectivity index (χ1n) is 6.15.